The molecule has 3 aliphatic rings. The Kier molecular flexibility index (Phi) is 10.2. The first-order chi connectivity index (χ1) is 15.1. The molecule has 0 spiro atoms. The molecule has 1 fully saturated rings. The van der Waals surface area contributed by atoms with Gasteiger partial charge in [0.15, 0.2) is 0 Å². The summed E-state index contributed by atoms with van der Waals surface area (Å²) in [6.07, 6.45) is 7.45. The monoisotopic (exact) mass is 452 g/mol. The second kappa shape index (κ2) is 12.0. The van der Waals surface area contributed by atoms with Crippen molar-refractivity contribution in [3.63, 3.8) is 0 Å². The quantitative estimate of drug-likeness (QED) is 0.407. The van der Waals surface area contributed by atoms with Gasteiger partial charge in [-0.1, -0.05) is 24.5 Å². The Bertz CT molecular complexity index is 644. The third-order valence-electron chi connectivity index (χ3n) is 7.84. The third kappa shape index (κ3) is 6.34. The molecule has 0 aliphatic heterocycles. The number of methoxy groups -OCH3 is 2. The molecule has 6 heteroatoms. The summed E-state index contributed by atoms with van der Waals surface area (Å²) in [5.41, 5.74) is 1.92. The Hall–Kier alpha value is -0.950. The van der Waals surface area contributed by atoms with Gasteiger partial charge in [-0.2, -0.15) is 0 Å². The molecule has 3 rings (SSSR count). The number of carbonyl (C=O) groups is 1. The molecule has 3 atom stereocenters. The summed E-state index contributed by atoms with van der Waals surface area (Å²) < 4.78 is 10.5. The Morgan fingerprint density at radius 3 is 2.38 bits per heavy atom. The van der Waals surface area contributed by atoms with Gasteiger partial charge in [-0.25, -0.2) is 0 Å². The van der Waals surface area contributed by atoms with Gasteiger partial charge < -0.3 is 24.4 Å². The number of rotatable bonds is 14. The largest absolute Gasteiger partial charge is 0.389 e. The van der Waals surface area contributed by atoms with E-state index in [2.05, 4.69) is 25.8 Å². The standard InChI is InChI=1S/C26H48N2O4/c1-8-10-22-20(2)23-12-11-21(22)17-26(23,30)13-16-27(4)14-9-15-28(5)24(29)25(3,18-31-6)19-32-7/h21,23,30H,8-19H2,1-7H3/t21-,23+,26-/m1/s1. The maximum Gasteiger partial charge on any atom is 0.232 e. The lowest BCUT2D eigenvalue weighted by molar-refractivity contribution is -0.146. The van der Waals surface area contributed by atoms with Crippen molar-refractivity contribution in [3.05, 3.63) is 11.1 Å². The van der Waals surface area contributed by atoms with Crippen LogP contribution in [0.3, 0.4) is 0 Å². The molecule has 0 saturated heterocycles. The van der Waals surface area contributed by atoms with Gasteiger partial charge >= 0.3 is 0 Å². The first-order valence-corrected chi connectivity index (χ1v) is 12.5. The number of hydrogen-bond acceptors (Lipinski definition) is 5. The molecule has 32 heavy (non-hydrogen) atoms. The van der Waals surface area contributed by atoms with E-state index in [9.17, 15) is 9.90 Å². The molecule has 3 aliphatic carbocycles. The second-order valence-electron chi connectivity index (χ2n) is 10.7. The van der Waals surface area contributed by atoms with E-state index >= 15 is 0 Å². The molecule has 186 valence electrons. The molecule has 0 aromatic rings. The van der Waals surface area contributed by atoms with Crippen molar-refractivity contribution in [2.45, 2.75) is 71.3 Å². The van der Waals surface area contributed by atoms with Gasteiger partial charge in [0.2, 0.25) is 5.91 Å². The number of hydrogen-bond donors (Lipinski definition) is 1. The van der Waals surface area contributed by atoms with Crippen LogP contribution in [0.25, 0.3) is 0 Å². The van der Waals surface area contributed by atoms with E-state index < -0.39 is 11.0 Å². The minimum Gasteiger partial charge on any atom is -0.389 e. The van der Waals surface area contributed by atoms with Crippen molar-refractivity contribution < 1.29 is 19.4 Å². The number of nitrogens with zero attached hydrogens (tertiary/aromatic N) is 2. The van der Waals surface area contributed by atoms with Crippen molar-refractivity contribution in [2.24, 2.45) is 17.3 Å². The molecule has 1 N–H and O–H groups in total. The minimum absolute atomic E-state index is 0.0570. The maximum absolute atomic E-state index is 12.9. The van der Waals surface area contributed by atoms with Crippen LogP contribution in [0.1, 0.15) is 65.7 Å². The van der Waals surface area contributed by atoms with E-state index in [1.54, 1.807) is 24.7 Å². The van der Waals surface area contributed by atoms with Crippen LogP contribution in [0.4, 0.5) is 0 Å². The molecule has 0 heterocycles. The molecule has 6 nitrogen and oxygen atoms in total. The van der Waals surface area contributed by atoms with Crippen molar-refractivity contribution in [3.8, 4) is 0 Å². The van der Waals surface area contributed by atoms with Crippen LogP contribution in [-0.4, -0.2) is 87.6 Å². The van der Waals surface area contributed by atoms with Crippen molar-refractivity contribution in [1.82, 2.24) is 9.80 Å². The Labute approximate surface area is 196 Å². The average molecular weight is 453 g/mol. The lowest BCUT2D eigenvalue weighted by Gasteiger charge is -2.51. The molecule has 0 radical (unpaired) electrons. The van der Waals surface area contributed by atoms with Gasteiger partial charge in [-0.3, -0.25) is 4.79 Å². The number of amides is 1. The van der Waals surface area contributed by atoms with Crippen LogP contribution in [0.5, 0.6) is 0 Å². The molecule has 1 amide bonds. The first-order valence-electron chi connectivity index (χ1n) is 12.5. The zero-order chi connectivity index (χ0) is 23.9. The van der Waals surface area contributed by atoms with Gasteiger partial charge in [0, 0.05) is 40.3 Å². The fourth-order valence-corrected chi connectivity index (χ4v) is 6.16. The SMILES string of the molecule is CCCC1=C(C)[C@@H]2CC[C@@H]1C[C@]2(O)CCN(C)CCCN(C)C(=O)C(C)(COC)COC. The summed E-state index contributed by atoms with van der Waals surface area (Å²) in [4.78, 5) is 17.0. The second-order valence-corrected chi connectivity index (χ2v) is 10.7. The molecule has 2 bridgehead atoms. The smallest absolute Gasteiger partial charge is 0.232 e. The van der Waals surface area contributed by atoms with Gasteiger partial charge in [0.1, 0.15) is 0 Å². The Balaban J connectivity index is 1.80. The van der Waals surface area contributed by atoms with Crippen LogP contribution < -0.4 is 0 Å². The zero-order valence-corrected chi connectivity index (χ0v) is 21.7. The van der Waals surface area contributed by atoms with Crippen LogP contribution in [0.15, 0.2) is 11.1 Å². The van der Waals surface area contributed by atoms with Gasteiger partial charge in [0.05, 0.1) is 24.2 Å². The molecule has 0 aromatic carbocycles. The molecule has 1 saturated carbocycles. The predicted octanol–water partition coefficient (Wildman–Crippen LogP) is 3.73. The van der Waals surface area contributed by atoms with Gasteiger partial charge in [-0.05, 0) is 71.9 Å². The van der Waals surface area contributed by atoms with E-state index in [-0.39, 0.29) is 5.91 Å². The van der Waals surface area contributed by atoms with Crippen LogP contribution in [0, 0.1) is 17.3 Å². The van der Waals surface area contributed by atoms with Crippen LogP contribution in [0.2, 0.25) is 0 Å². The van der Waals surface area contributed by atoms with Gasteiger partial charge in [-0.15, -0.1) is 0 Å². The summed E-state index contributed by atoms with van der Waals surface area (Å²) in [7, 11) is 7.21. The zero-order valence-electron chi connectivity index (χ0n) is 21.7. The summed E-state index contributed by atoms with van der Waals surface area (Å²) in [5.74, 6) is 0.982. The maximum atomic E-state index is 12.9. The highest BCUT2D eigenvalue weighted by molar-refractivity contribution is 5.82. The normalized spacial score (nSPS) is 25.7. The molecule has 0 unspecified atom stereocenters. The number of ether oxygens (including phenoxy) is 2. The number of carbonyl (C=O) groups excluding carboxylic acids is 1. The summed E-state index contributed by atoms with van der Waals surface area (Å²) in [6.45, 7) is 9.60. The minimum atomic E-state index is -0.657. The number of aliphatic hydroxyl groups is 1. The highest BCUT2D eigenvalue weighted by Crippen LogP contribution is 2.52. The Morgan fingerprint density at radius 1 is 1.16 bits per heavy atom. The lowest BCUT2D eigenvalue weighted by atomic mass is 9.58. The number of allylic oxidation sites excluding steroid dienone is 1. The molecular formula is C26H48N2O4. The Morgan fingerprint density at radius 2 is 1.81 bits per heavy atom. The van der Waals surface area contributed by atoms with Crippen LogP contribution in [-0.2, 0) is 14.3 Å². The summed E-state index contributed by atoms with van der Waals surface area (Å²) in [6, 6.07) is 0. The highest BCUT2D eigenvalue weighted by Gasteiger charge is 2.48. The van der Waals surface area contributed by atoms with E-state index in [0.717, 1.165) is 38.8 Å². The van der Waals surface area contributed by atoms with E-state index in [0.29, 0.717) is 31.6 Å². The fraction of sp³-hybridized carbons (Fsp3) is 0.885. The van der Waals surface area contributed by atoms with E-state index in [1.165, 1.54) is 24.8 Å². The first kappa shape index (κ1) is 27.3. The topological polar surface area (TPSA) is 62.2 Å². The average Bonchev–Trinajstić information content (AvgIpc) is 2.74. The van der Waals surface area contributed by atoms with Crippen molar-refractivity contribution >= 4 is 5.91 Å². The van der Waals surface area contributed by atoms with E-state index in [4.69, 9.17) is 9.47 Å². The van der Waals surface area contributed by atoms with Crippen LogP contribution >= 0.6 is 0 Å². The van der Waals surface area contributed by atoms with Crippen molar-refractivity contribution in [2.75, 3.05) is 61.2 Å². The number of fused-ring (bicyclic) bond motifs is 2. The van der Waals surface area contributed by atoms with Crippen molar-refractivity contribution in [1.29, 1.82) is 0 Å². The summed E-state index contributed by atoms with van der Waals surface area (Å²) in [5, 5.41) is 11.5. The lowest BCUT2D eigenvalue weighted by Crippen LogP contribution is -2.50. The highest BCUT2D eigenvalue weighted by atomic mass is 16.5. The van der Waals surface area contributed by atoms with E-state index in [1.807, 2.05) is 14.0 Å². The third-order valence-corrected chi connectivity index (χ3v) is 7.84. The molecule has 0 aromatic heterocycles. The summed E-state index contributed by atoms with van der Waals surface area (Å²) >= 11 is 0. The fourth-order valence-electron chi connectivity index (χ4n) is 6.16. The predicted molar refractivity (Wildman–Crippen MR) is 130 cm³/mol. The molecular weight excluding hydrogens is 404 g/mol. The van der Waals surface area contributed by atoms with Gasteiger partial charge in [0.25, 0.3) is 0 Å².